The molecule has 4 aromatic carbocycles. The van der Waals surface area contributed by atoms with Gasteiger partial charge in [0.05, 0.1) is 5.58 Å². The first kappa shape index (κ1) is 33.0. The summed E-state index contributed by atoms with van der Waals surface area (Å²) in [6.07, 6.45) is 8.13. The van der Waals surface area contributed by atoms with Gasteiger partial charge in [0.1, 0.15) is 0 Å². The molecule has 5 heteroatoms. The van der Waals surface area contributed by atoms with E-state index in [9.17, 15) is 0 Å². The minimum absolute atomic E-state index is 0. The van der Waals surface area contributed by atoms with Crippen molar-refractivity contribution in [1.29, 1.82) is 0 Å². The molecule has 0 aliphatic heterocycles. The van der Waals surface area contributed by atoms with Crippen LogP contribution in [0.2, 0.25) is 0 Å². The first-order valence-corrected chi connectivity index (χ1v) is 15.9. The number of aromatic nitrogens is 3. The van der Waals surface area contributed by atoms with Gasteiger partial charge in [-0.25, -0.2) is 0 Å². The van der Waals surface area contributed by atoms with Crippen molar-refractivity contribution in [2.45, 2.75) is 41.0 Å². The van der Waals surface area contributed by atoms with E-state index in [-0.39, 0.29) is 20.1 Å². The van der Waals surface area contributed by atoms with Crippen LogP contribution in [-0.4, -0.2) is 15.0 Å². The summed E-state index contributed by atoms with van der Waals surface area (Å²) in [4.78, 5) is 13.7. The SMILES string of the molecule is Cc1c[c-]c(-c2cc(C)c(C)cn2)cc1C.Cc1ccc2cc(Cc3ccnc(-c4[c-]c5ccoc5c5ncccc45)c3)ccc2c1.[Ir]. The quantitative estimate of drug-likeness (QED) is 0.166. The molecule has 8 rings (SSSR count). The third kappa shape index (κ3) is 6.85. The van der Waals surface area contributed by atoms with E-state index in [2.05, 4.69) is 128 Å². The molecule has 0 atom stereocenters. The van der Waals surface area contributed by atoms with E-state index < -0.39 is 0 Å². The van der Waals surface area contributed by atoms with Gasteiger partial charge >= 0.3 is 0 Å². The van der Waals surface area contributed by atoms with E-state index in [1.807, 2.05) is 30.6 Å². The Morgan fingerprint density at radius 2 is 1.46 bits per heavy atom. The van der Waals surface area contributed by atoms with E-state index in [4.69, 9.17) is 4.42 Å². The van der Waals surface area contributed by atoms with Crippen LogP contribution in [0.1, 0.15) is 38.9 Å². The van der Waals surface area contributed by atoms with Gasteiger partial charge in [-0.1, -0.05) is 108 Å². The molecule has 0 fully saturated rings. The first-order chi connectivity index (χ1) is 22.8. The van der Waals surface area contributed by atoms with Gasteiger partial charge in [0.2, 0.25) is 0 Å². The van der Waals surface area contributed by atoms with Crippen molar-refractivity contribution in [1.82, 2.24) is 15.0 Å². The number of fused-ring (bicyclic) bond motifs is 4. The second-order valence-electron chi connectivity index (χ2n) is 12.3. The average Bonchev–Trinajstić information content (AvgIpc) is 3.57. The molecule has 4 heterocycles. The van der Waals surface area contributed by atoms with Gasteiger partial charge in [-0.3, -0.25) is 9.97 Å². The van der Waals surface area contributed by atoms with Crippen molar-refractivity contribution in [3.63, 3.8) is 0 Å². The Balaban J connectivity index is 0.000000201. The standard InChI is InChI=1S/C28H19N2O.C15H16N.Ir/c1-18-4-6-22-15-19(5-7-21(22)13-18)14-20-8-11-29-26(16-20)25-17-23-9-12-31-28(23)27-24(25)3-2-10-30-27;1-10-5-6-14(7-11(10)2)15-8-12(3)13(4)9-16-15;/h2-13,15-16H,14H2,1H3;5,7-9H,1-4H3;/q2*-1;. The second kappa shape index (κ2) is 14.0. The summed E-state index contributed by atoms with van der Waals surface area (Å²) in [5.74, 6) is 0. The third-order valence-electron chi connectivity index (χ3n) is 8.84. The molecule has 0 bridgehead atoms. The van der Waals surface area contributed by atoms with E-state index in [0.29, 0.717) is 0 Å². The van der Waals surface area contributed by atoms with Gasteiger partial charge in [0.15, 0.2) is 0 Å². The van der Waals surface area contributed by atoms with Crippen molar-refractivity contribution < 1.29 is 24.5 Å². The molecule has 1 radical (unpaired) electrons. The molecule has 239 valence electrons. The second-order valence-corrected chi connectivity index (χ2v) is 12.3. The summed E-state index contributed by atoms with van der Waals surface area (Å²) in [5.41, 5.74) is 14.4. The smallest absolute Gasteiger partial charge is 0.0847 e. The zero-order valence-corrected chi connectivity index (χ0v) is 30.1. The van der Waals surface area contributed by atoms with Crippen molar-refractivity contribution in [2.24, 2.45) is 0 Å². The summed E-state index contributed by atoms with van der Waals surface area (Å²) < 4.78 is 5.65. The molecule has 4 nitrogen and oxygen atoms in total. The molecule has 0 amide bonds. The molecule has 4 aromatic heterocycles. The fraction of sp³-hybridized carbons (Fsp3) is 0.140. The Labute approximate surface area is 295 Å². The molecular formula is C43H35IrN3O-2. The van der Waals surface area contributed by atoms with E-state index >= 15 is 0 Å². The van der Waals surface area contributed by atoms with E-state index in [1.165, 1.54) is 49.7 Å². The first-order valence-electron chi connectivity index (χ1n) is 15.9. The number of aryl methyl sites for hydroxylation is 5. The number of hydrogen-bond donors (Lipinski definition) is 0. The predicted octanol–water partition coefficient (Wildman–Crippen LogP) is 10.7. The number of nitrogens with zero attached hydrogens (tertiary/aromatic N) is 3. The van der Waals surface area contributed by atoms with Crippen LogP contribution in [0.3, 0.4) is 0 Å². The maximum absolute atomic E-state index is 5.65. The van der Waals surface area contributed by atoms with E-state index in [0.717, 1.165) is 50.8 Å². The number of hydrogen-bond acceptors (Lipinski definition) is 4. The Morgan fingerprint density at radius 1 is 0.667 bits per heavy atom. The summed E-state index contributed by atoms with van der Waals surface area (Å²) in [6, 6.07) is 36.5. The Kier molecular flexibility index (Phi) is 9.63. The van der Waals surface area contributed by atoms with E-state index in [1.54, 1.807) is 12.5 Å². The van der Waals surface area contributed by atoms with Crippen LogP contribution in [0.15, 0.2) is 114 Å². The van der Waals surface area contributed by atoms with Gasteiger partial charge < -0.3 is 9.40 Å². The van der Waals surface area contributed by atoms with Crippen LogP contribution in [0.4, 0.5) is 0 Å². The van der Waals surface area contributed by atoms with Crippen molar-refractivity contribution in [3.8, 4) is 22.5 Å². The maximum atomic E-state index is 5.65. The topological polar surface area (TPSA) is 51.8 Å². The molecule has 0 spiro atoms. The van der Waals surface area contributed by atoms with Gasteiger partial charge in [-0.15, -0.1) is 41.0 Å². The number of pyridine rings is 3. The minimum atomic E-state index is 0. The number of furan rings is 1. The Bertz CT molecular complexity index is 2360. The van der Waals surface area contributed by atoms with Crippen LogP contribution >= 0.6 is 0 Å². The zero-order valence-electron chi connectivity index (χ0n) is 27.7. The molecule has 0 saturated carbocycles. The molecule has 0 aliphatic carbocycles. The number of rotatable bonds is 4. The molecular weight excluding hydrogens is 767 g/mol. The van der Waals surface area contributed by atoms with Crippen molar-refractivity contribution >= 4 is 32.6 Å². The molecule has 0 N–H and O–H groups in total. The van der Waals surface area contributed by atoms with Crippen LogP contribution in [0.5, 0.6) is 0 Å². The maximum Gasteiger partial charge on any atom is 0.0847 e. The Hall–Kier alpha value is -4.96. The third-order valence-corrected chi connectivity index (χ3v) is 8.84. The summed E-state index contributed by atoms with van der Waals surface area (Å²) in [5, 5.41) is 4.46. The van der Waals surface area contributed by atoms with Gasteiger partial charge in [-0.2, -0.15) is 0 Å². The summed E-state index contributed by atoms with van der Waals surface area (Å²) in [6.45, 7) is 10.5. The molecule has 8 aromatic rings. The molecule has 0 saturated heterocycles. The fourth-order valence-electron chi connectivity index (χ4n) is 5.86. The monoisotopic (exact) mass is 802 g/mol. The van der Waals surface area contributed by atoms with Gasteiger partial charge in [-0.05, 0) is 66.4 Å². The van der Waals surface area contributed by atoms with Gasteiger partial charge in [0, 0.05) is 56.2 Å². The minimum Gasteiger partial charge on any atom is -0.506 e. The van der Waals surface area contributed by atoms with Crippen molar-refractivity contribution in [3.05, 3.63) is 161 Å². The van der Waals surface area contributed by atoms with Crippen LogP contribution in [0.25, 0.3) is 55.2 Å². The summed E-state index contributed by atoms with van der Waals surface area (Å²) in [7, 11) is 0. The zero-order chi connectivity index (χ0) is 32.5. The van der Waals surface area contributed by atoms with Crippen LogP contribution in [0, 0.1) is 46.8 Å². The molecule has 48 heavy (non-hydrogen) atoms. The average molecular weight is 802 g/mol. The number of benzene rings is 4. The van der Waals surface area contributed by atoms with Crippen LogP contribution < -0.4 is 0 Å². The Morgan fingerprint density at radius 3 is 2.29 bits per heavy atom. The predicted molar refractivity (Wildman–Crippen MR) is 193 cm³/mol. The van der Waals surface area contributed by atoms with Crippen LogP contribution in [-0.2, 0) is 26.5 Å². The largest absolute Gasteiger partial charge is 0.506 e. The van der Waals surface area contributed by atoms with Gasteiger partial charge in [0.25, 0.3) is 0 Å². The summed E-state index contributed by atoms with van der Waals surface area (Å²) >= 11 is 0. The molecule has 0 unspecified atom stereocenters. The van der Waals surface area contributed by atoms with Crippen molar-refractivity contribution in [2.75, 3.05) is 0 Å². The fourth-order valence-corrected chi connectivity index (χ4v) is 5.86. The molecule has 0 aliphatic rings. The normalized spacial score (nSPS) is 10.9.